The lowest BCUT2D eigenvalue weighted by Gasteiger charge is -2.27. The SMILES string of the molecule is CNC(C)CC(C)N(C)CC1CC1C. The molecule has 14 heavy (non-hydrogen) atoms. The van der Waals surface area contributed by atoms with Gasteiger partial charge in [0.2, 0.25) is 0 Å². The van der Waals surface area contributed by atoms with Gasteiger partial charge in [-0.25, -0.2) is 0 Å². The van der Waals surface area contributed by atoms with Crippen LogP contribution in [0.2, 0.25) is 0 Å². The zero-order chi connectivity index (χ0) is 10.7. The normalized spacial score (nSPS) is 30.4. The van der Waals surface area contributed by atoms with E-state index in [0.29, 0.717) is 12.1 Å². The molecule has 0 spiro atoms. The zero-order valence-electron chi connectivity index (χ0n) is 10.4. The Labute approximate surface area is 89.1 Å². The van der Waals surface area contributed by atoms with Crippen molar-refractivity contribution in [3.05, 3.63) is 0 Å². The molecule has 1 N–H and O–H groups in total. The first-order valence-corrected chi connectivity index (χ1v) is 5.92. The van der Waals surface area contributed by atoms with E-state index in [1.165, 1.54) is 19.4 Å². The Bertz CT molecular complexity index is 160. The topological polar surface area (TPSA) is 15.3 Å². The molecule has 4 unspecified atom stereocenters. The molecule has 0 bridgehead atoms. The van der Waals surface area contributed by atoms with Crippen LogP contribution in [0.1, 0.15) is 33.6 Å². The van der Waals surface area contributed by atoms with Gasteiger partial charge in [-0.15, -0.1) is 0 Å². The summed E-state index contributed by atoms with van der Waals surface area (Å²) in [5, 5.41) is 3.30. The van der Waals surface area contributed by atoms with E-state index in [2.05, 4.69) is 38.0 Å². The highest BCUT2D eigenvalue weighted by Crippen LogP contribution is 2.38. The molecular formula is C12H26N2. The molecule has 1 rings (SSSR count). The fraction of sp³-hybridized carbons (Fsp3) is 1.00. The lowest BCUT2D eigenvalue weighted by Crippen LogP contribution is -2.36. The average Bonchev–Trinajstić information content (AvgIpc) is 2.81. The van der Waals surface area contributed by atoms with E-state index in [1.54, 1.807) is 0 Å². The van der Waals surface area contributed by atoms with Gasteiger partial charge in [-0.3, -0.25) is 0 Å². The molecule has 2 heteroatoms. The van der Waals surface area contributed by atoms with Crippen LogP contribution in [0.15, 0.2) is 0 Å². The molecule has 0 aromatic rings. The van der Waals surface area contributed by atoms with Gasteiger partial charge in [-0.2, -0.15) is 0 Å². The lowest BCUT2D eigenvalue weighted by molar-refractivity contribution is 0.221. The minimum atomic E-state index is 0.629. The van der Waals surface area contributed by atoms with Crippen molar-refractivity contribution in [2.24, 2.45) is 11.8 Å². The van der Waals surface area contributed by atoms with Gasteiger partial charge in [-0.1, -0.05) is 6.92 Å². The third kappa shape index (κ3) is 3.58. The van der Waals surface area contributed by atoms with Crippen molar-refractivity contribution in [1.29, 1.82) is 0 Å². The molecule has 0 aromatic carbocycles. The Morgan fingerprint density at radius 2 is 2.00 bits per heavy atom. The monoisotopic (exact) mass is 198 g/mol. The van der Waals surface area contributed by atoms with Crippen molar-refractivity contribution < 1.29 is 0 Å². The summed E-state index contributed by atoms with van der Waals surface area (Å²) in [7, 11) is 4.30. The fourth-order valence-corrected chi connectivity index (χ4v) is 2.01. The molecule has 0 saturated heterocycles. The van der Waals surface area contributed by atoms with Crippen LogP contribution in [-0.2, 0) is 0 Å². The van der Waals surface area contributed by atoms with E-state index in [9.17, 15) is 0 Å². The Kier molecular flexibility index (Phi) is 4.39. The van der Waals surface area contributed by atoms with E-state index < -0.39 is 0 Å². The van der Waals surface area contributed by atoms with Gasteiger partial charge in [0.25, 0.3) is 0 Å². The smallest absolute Gasteiger partial charge is 0.00787 e. The summed E-state index contributed by atoms with van der Waals surface area (Å²) < 4.78 is 0. The molecule has 4 atom stereocenters. The second kappa shape index (κ2) is 5.13. The largest absolute Gasteiger partial charge is 0.317 e. The van der Waals surface area contributed by atoms with Crippen LogP contribution < -0.4 is 5.32 Å². The first-order valence-electron chi connectivity index (χ1n) is 5.92. The van der Waals surface area contributed by atoms with Crippen molar-refractivity contribution in [2.75, 3.05) is 20.6 Å². The average molecular weight is 198 g/mol. The van der Waals surface area contributed by atoms with Crippen LogP contribution in [0.3, 0.4) is 0 Å². The number of rotatable bonds is 6. The second-order valence-electron chi connectivity index (χ2n) is 5.19. The maximum atomic E-state index is 3.30. The summed E-state index contributed by atoms with van der Waals surface area (Å²) in [4.78, 5) is 2.52. The molecular weight excluding hydrogens is 172 g/mol. The van der Waals surface area contributed by atoms with E-state index in [-0.39, 0.29) is 0 Å². The maximum absolute atomic E-state index is 3.30. The van der Waals surface area contributed by atoms with Crippen molar-refractivity contribution in [1.82, 2.24) is 10.2 Å². The summed E-state index contributed by atoms with van der Waals surface area (Å²) >= 11 is 0. The van der Waals surface area contributed by atoms with Crippen LogP contribution >= 0.6 is 0 Å². The summed E-state index contributed by atoms with van der Waals surface area (Å²) in [5.41, 5.74) is 0. The van der Waals surface area contributed by atoms with Gasteiger partial charge in [0.15, 0.2) is 0 Å². The molecule has 1 saturated carbocycles. The summed E-state index contributed by atoms with van der Waals surface area (Å²) in [6.07, 6.45) is 2.69. The van der Waals surface area contributed by atoms with Gasteiger partial charge in [0.05, 0.1) is 0 Å². The van der Waals surface area contributed by atoms with Gasteiger partial charge in [-0.05, 0) is 52.6 Å². The summed E-state index contributed by atoms with van der Waals surface area (Å²) in [6, 6.07) is 1.33. The summed E-state index contributed by atoms with van der Waals surface area (Å²) in [5.74, 6) is 1.96. The Hall–Kier alpha value is -0.0800. The lowest BCUT2D eigenvalue weighted by atomic mass is 10.1. The van der Waals surface area contributed by atoms with Gasteiger partial charge in [0, 0.05) is 18.6 Å². The van der Waals surface area contributed by atoms with Gasteiger partial charge in [0.1, 0.15) is 0 Å². The van der Waals surface area contributed by atoms with Crippen molar-refractivity contribution in [2.45, 2.75) is 45.7 Å². The molecule has 1 aliphatic rings. The van der Waals surface area contributed by atoms with Gasteiger partial charge < -0.3 is 10.2 Å². The highest BCUT2D eigenvalue weighted by Gasteiger charge is 2.33. The molecule has 1 aliphatic carbocycles. The number of hydrogen-bond donors (Lipinski definition) is 1. The molecule has 1 fully saturated rings. The first-order chi connectivity index (χ1) is 6.54. The van der Waals surface area contributed by atoms with Crippen LogP contribution in [0, 0.1) is 11.8 Å². The highest BCUT2D eigenvalue weighted by atomic mass is 15.1. The second-order valence-corrected chi connectivity index (χ2v) is 5.19. The van der Waals surface area contributed by atoms with E-state index in [0.717, 1.165) is 11.8 Å². The molecule has 0 aliphatic heterocycles. The van der Waals surface area contributed by atoms with Crippen LogP contribution in [0.5, 0.6) is 0 Å². The molecule has 0 heterocycles. The predicted octanol–water partition coefficient (Wildman–Crippen LogP) is 1.96. The number of nitrogens with one attached hydrogen (secondary N) is 1. The molecule has 0 radical (unpaired) electrons. The van der Waals surface area contributed by atoms with E-state index >= 15 is 0 Å². The van der Waals surface area contributed by atoms with Crippen LogP contribution in [-0.4, -0.2) is 37.6 Å². The fourth-order valence-electron chi connectivity index (χ4n) is 2.01. The third-order valence-corrected chi connectivity index (χ3v) is 3.74. The standard InChI is InChI=1S/C12H26N2/c1-9-6-12(9)8-14(5)11(3)7-10(2)13-4/h9-13H,6-8H2,1-5H3. The van der Waals surface area contributed by atoms with Crippen LogP contribution in [0.4, 0.5) is 0 Å². The molecule has 0 amide bonds. The Balaban J connectivity index is 2.18. The molecule has 0 aromatic heterocycles. The van der Waals surface area contributed by atoms with Crippen molar-refractivity contribution in [3.8, 4) is 0 Å². The predicted molar refractivity (Wildman–Crippen MR) is 62.5 cm³/mol. The molecule has 2 nitrogen and oxygen atoms in total. The minimum absolute atomic E-state index is 0.629. The number of hydrogen-bond acceptors (Lipinski definition) is 2. The zero-order valence-corrected chi connectivity index (χ0v) is 10.4. The molecule has 84 valence electrons. The number of nitrogens with zero attached hydrogens (tertiary/aromatic N) is 1. The Morgan fingerprint density at radius 1 is 1.43 bits per heavy atom. The van der Waals surface area contributed by atoms with E-state index in [4.69, 9.17) is 0 Å². The highest BCUT2D eigenvalue weighted by molar-refractivity contribution is 4.85. The van der Waals surface area contributed by atoms with Crippen LogP contribution in [0.25, 0.3) is 0 Å². The Morgan fingerprint density at radius 3 is 2.43 bits per heavy atom. The summed E-state index contributed by atoms with van der Waals surface area (Å²) in [6.45, 7) is 8.24. The first kappa shape index (κ1) is 12.0. The van der Waals surface area contributed by atoms with Gasteiger partial charge >= 0.3 is 0 Å². The minimum Gasteiger partial charge on any atom is -0.317 e. The van der Waals surface area contributed by atoms with E-state index in [1.807, 2.05) is 7.05 Å². The van der Waals surface area contributed by atoms with Crippen molar-refractivity contribution >= 4 is 0 Å². The quantitative estimate of drug-likeness (QED) is 0.702. The third-order valence-electron chi connectivity index (χ3n) is 3.74. The van der Waals surface area contributed by atoms with Crippen molar-refractivity contribution in [3.63, 3.8) is 0 Å². The maximum Gasteiger partial charge on any atom is 0.00787 e.